The topological polar surface area (TPSA) is 75.9 Å². The van der Waals surface area contributed by atoms with Crippen LogP contribution in [0.2, 0.25) is 0 Å². The lowest BCUT2D eigenvalue weighted by Gasteiger charge is -2.19. The molecule has 2 aromatic heterocycles. The van der Waals surface area contributed by atoms with E-state index in [1.165, 1.54) is 0 Å². The summed E-state index contributed by atoms with van der Waals surface area (Å²) < 4.78 is 1.73. The van der Waals surface area contributed by atoms with E-state index in [4.69, 9.17) is 0 Å². The maximum Gasteiger partial charge on any atom is 0.224 e. The predicted octanol–water partition coefficient (Wildman–Crippen LogP) is 1.61. The molecular formula is C19H22N6O. The number of pyridine rings is 1. The minimum absolute atomic E-state index is 0.0439. The molecule has 1 aliphatic rings. The summed E-state index contributed by atoms with van der Waals surface area (Å²) in [6.07, 6.45) is 5.04. The molecule has 1 N–H and O–H groups in total. The predicted molar refractivity (Wildman–Crippen MR) is 99.9 cm³/mol. The normalized spacial score (nSPS) is 17.0. The van der Waals surface area contributed by atoms with Gasteiger partial charge in [-0.3, -0.25) is 9.78 Å². The van der Waals surface area contributed by atoms with Gasteiger partial charge in [0.2, 0.25) is 5.91 Å². The van der Waals surface area contributed by atoms with Gasteiger partial charge in [0.1, 0.15) is 5.52 Å². The molecule has 7 heteroatoms. The van der Waals surface area contributed by atoms with Crippen LogP contribution in [0.1, 0.15) is 17.5 Å². The number of carbonyl (C=O) groups excluding carboxylic acids is 1. The lowest BCUT2D eigenvalue weighted by molar-refractivity contribution is -0.121. The second kappa shape index (κ2) is 6.74. The number of hydrogen-bond donors (Lipinski definition) is 1. The molecule has 4 rings (SSSR count). The van der Waals surface area contributed by atoms with E-state index in [1.54, 1.807) is 4.68 Å². The van der Waals surface area contributed by atoms with Crippen LogP contribution in [0.4, 0.5) is 5.69 Å². The molecule has 0 bridgehead atoms. The van der Waals surface area contributed by atoms with Gasteiger partial charge in [0.25, 0.3) is 0 Å². The highest BCUT2D eigenvalue weighted by Gasteiger charge is 2.24. The van der Waals surface area contributed by atoms with Gasteiger partial charge in [-0.05, 0) is 42.7 Å². The molecule has 0 radical (unpaired) electrons. The number of benzene rings is 1. The third kappa shape index (κ3) is 3.37. The van der Waals surface area contributed by atoms with Gasteiger partial charge in [-0.2, -0.15) is 0 Å². The fraction of sp³-hybridized carbons (Fsp3) is 0.368. The Balaban J connectivity index is 1.36. The molecule has 1 saturated heterocycles. The first-order chi connectivity index (χ1) is 12.6. The molecular weight excluding hydrogens is 328 g/mol. The minimum Gasteiger partial charge on any atom is -0.368 e. The van der Waals surface area contributed by atoms with Crippen molar-refractivity contribution in [3.05, 3.63) is 47.8 Å². The molecule has 1 aliphatic heterocycles. The van der Waals surface area contributed by atoms with Gasteiger partial charge in [0.15, 0.2) is 0 Å². The third-order valence-electron chi connectivity index (χ3n) is 4.82. The Kier molecular flexibility index (Phi) is 4.28. The van der Waals surface area contributed by atoms with Crippen molar-refractivity contribution >= 4 is 22.6 Å². The summed E-state index contributed by atoms with van der Waals surface area (Å²) in [6, 6.07) is 8.16. The largest absolute Gasteiger partial charge is 0.368 e. The van der Waals surface area contributed by atoms with Crippen LogP contribution in [-0.4, -0.2) is 45.0 Å². The molecule has 1 aromatic carbocycles. The van der Waals surface area contributed by atoms with Crippen LogP contribution < -0.4 is 10.2 Å². The number of aromatic nitrogens is 4. The molecule has 0 spiro atoms. The van der Waals surface area contributed by atoms with E-state index in [1.807, 2.05) is 44.6 Å². The second-order valence-electron chi connectivity index (χ2n) is 6.93. The summed E-state index contributed by atoms with van der Waals surface area (Å²) >= 11 is 0. The maximum absolute atomic E-state index is 12.4. The van der Waals surface area contributed by atoms with E-state index in [-0.39, 0.29) is 11.9 Å². The van der Waals surface area contributed by atoms with E-state index in [2.05, 4.69) is 31.6 Å². The number of hydrogen-bond acceptors (Lipinski definition) is 5. The monoisotopic (exact) mass is 350 g/mol. The van der Waals surface area contributed by atoms with E-state index in [0.29, 0.717) is 6.42 Å². The van der Waals surface area contributed by atoms with Gasteiger partial charge >= 0.3 is 0 Å². The summed E-state index contributed by atoms with van der Waals surface area (Å²) in [6.45, 7) is 3.79. The zero-order valence-corrected chi connectivity index (χ0v) is 15.0. The quantitative estimate of drug-likeness (QED) is 0.774. The van der Waals surface area contributed by atoms with Crippen LogP contribution in [0, 0.1) is 6.92 Å². The van der Waals surface area contributed by atoms with Gasteiger partial charge in [-0.1, -0.05) is 11.3 Å². The Bertz CT molecular complexity index is 950. The number of anilines is 1. The number of amides is 1. The minimum atomic E-state index is 0.0439. The maximum atomic E-state index is 12.4. The summed E-state index contributed by atoms with van der Waals surface area (Å²) in [7, 11) is 1.86. The van der Waals surface area contributed by atoms with Crippen molar-refractivity contribution in [2.45, 2.75) is 25.8 Å². The Hall–Kier alpha value is -2.96. The van der Waals surface area contributed by atoms with Crippen molar-refractivity contribution in [3.8, 4) is 0 Å². The highest BCUT2D eigenvalue weighted by Crippen LogP contribution is 2.20. The van der Waals surface area contributed by atoms with Crippen LogP contribution in [0.3, 0.4) is 0 Å². The molecule has 3 heterocycles. The van der Waals surface area contributed by atoms with Gasteiger partial charge in [-0.15, -0.1) is 5.10 Å². The summed E-state index contributed by atoms with van der Waals surface area (Å²) in [5, 5.41) is 11.3. The van der Waals surface area contributed by atoms with E-state index in [0.717, 1.165) is 47.4 Å². The lowest BCUT2D eigenvalue weighted by Crippen LogP contribution is -2.38. The second-order valence-corrected chi connectivity index (χ2v) is 6.93. The number of nitrogens with one attached hydrogen (secondary N) is 1. The summed E-state index contributed by atoms with van der Waals surface area (Å²) in [4.78, 5) is 19.0. The molecule has 1 atom stereocenters. The molecule has 26 heavy (non-hydrogen) atoms. The Morgan fingerprint density at radius 3 is 3.04 bits per heavy atom. The Morgan fingerprint density at radius 2 is 2.19 bits per heavy atom. The van der Waals surface area contributed by atoms with Crippen LogP contribution in [0.15, 0.2) is 36.7 Å². The summed E-state index contributed by atoms with van der Waals surface area (Å²) in [5.41, 5.74) is 5.00. The average Bonchev–Trinajstić information content (AvgIpc) is 3.22. The highest BCUT2D eigenvalue weighted by atomic mass is 16.1. The van der Waals surface area contributed by atoms with Gasteiger partial charge in [-0.25, -0.2) is 4.68 Å². The smallest absolute Gasteiger partial charge is 0.224 e. The highest BCUT2D eigenvalue weighted by molar-refractivity contribution is 5.81. The van der Waals surface area contributed by atoms with Crippen molar-refractivity contribution in [2.75, 3.05) is 18.0 Å². The van der Waals surface area contributed by atoms with Gasteiger partial charge in [0.05, 0.1) is 23.8 Å². The number of nitrogens with zero attached hydrogens (tertiary/aromatic N) is 5. The zero-order valence-electron chi connectivity index (χ0n) is 15.0. The zero-order chi connectivity index (χ0) is 18.1. The molecule has 1 unspecified atom stereocenters. The summed E-state index contributed by atoms with van der Waals surface area (Å²) in [5.74, 6) is 0.0439. The molecule has 0 aliphatic carbocycles. The fourth-order valence-electron chi connectivity index (χ4n) is 3.48. The molecule has 1 fully saturated rings. The Labute approximate surface area is 152 Å². The first-order valence-corrected chi connectivity index (χ1v) is 8.83. The molecule has 134 valence electrons. The van der Waals surface area contributed by atoms with E-state index < -0.39 is 0 Å². The third-order valence-corrected chi connectivity index (χ3v) is 4.82. The van der Waals surface area contributed by atoms with Crippen LogP contribution in [-0.2, 0) is 18.3 Å². The fourth-order valence-corrected chi connectivity index (χ4v) is 3.48. The van der Waals surface area contributed by atoms with Crippen LogP contribution in [0.25, 0.3) is 11.0 Å². The first-order valence-electron chi connectivity index (χ1n) is 8.83. The number of rotatable bonds is 4. The van der Waals surface area contributed by atoms with Crippen molar-refractivity contribution in [1.29, 1.82) is 0 Å². The Morgan fingerprint density at radius 1 is 1.31 bits per heavy atom. The number of carbonyl (C=O) groups is 1. The lowest BCUT2D eigenvalue weighted by atomic mass is 10.1. The number of aryl methyl sites for hydroxylation is 2. The number of fused-ring (bicyclic) bond motifs is 1. The molecule has 7 nitrogen and oxygen atoms in total. The van der Waals surface area contributed by atoms with Gasteiger partial charge < -0.3 is 10.2 Å². The van der Waals surface area contributed by atoms with Crippen molar-refractivity contribution < 1.29 is 4.79 Å². The van der Waals surface area contributed by atoms with Crippen LogP contribution in [0.5, 0.6) is 0 Å². The average molecular weight is 350 g/mol. The van der Waals surface area contributed by atoms with Crippen LogP contribution >= 0.6 is 0 Å². The molecule has 0 saturated carbocycles. The standard InChI is InChI=1S/C19H22N6O/c1-13-7-16(11-20-10-13)25-6-5-15(12-25)21-19(26)9-14-3-4-18-17(8-14)22-23-24(18)2/h3-4,7-8,10-11,15H,5-6,9,12H2,1-2H3,(H,21,26). The van der Waals surface area contributed by atoms with E-state index >= 15 is 0 Å². The SMILES string of the molecule is Cc1cncc(N2CCC(NC(=O)Cc3ccc4c(c3)nnn4C)C2)c1. The van der Waals surface area contributed by atoms with Crippen molar-refractivity contribution in [1.82, 2.24) is 25.3 Å². The van der Waals surface area contributed by atoms with Crippen molar-refractivity contribution in [3.63, 3.8) is 0 Å². The molecule has 1 amide bonds. The molecule has 3 aromatic rings. The van der Waals surface area contributed by atoms with E-state index in [9.17, 15) is 4.79 Å². The van der Waals surface area contributed by atoms with Crippen molar-refractivity contribution in [2.24, 2.45) is 7.05 Å². The first kappa shape index (κ1) is 16.5. The van der Waals surface area contributed by atoms with Gasteiger partial charge in [0, 0.05) is 32.4 Å².